The number of aliphatic hydroxyl groups excluding tert-OH is 3. The fraction of sp³-hybridized carbons (Fsp3) is 0.951. The Labute approximate surface area is 345 Å². The molecular weight excluding hydrogens is 760 g/mol. The summed E-state index contributed by atoms with van der Waals surface area (Å²) in [6.07, 6.45) is -9.49. The lowest BCUT2D eigenvalue weighted by Gasteiger charge is -2.49. The van der Waals surface area contributed by atoms with Crippen LogP contribution in [0.2, 0.25) is 0 Å². The van der Waals surface area contributed by atoms with Crippen molar-refractivity contribution < 1.29 is 73.1 Å². The number of cyclic esters (lactones) is 1. The van der Waals surface area contributed by atoms with Crippen molar-refractivity contribution >= 4 is 11.7 Å². The van der Waals surface area contributed by atoms with Crippen LogP contribution in [-0.2, 0) is 47.5 Å². The van der Waals surface area contributed by atoms with Crippen molar-refractivity contribution in [1.82, 2.24) is 4.90 Å². The van der Waals surface area contributed by atoms with E-state index in [4.69, 9.17) is 42.7 Å². The fourth-order valence-electron chi connectivity index (χ4n) is 8.93. The topological polar surface area (TPSA) is 217 Å². The third kappa shape index (κ3) is 12.1. The molecule has 0 radical (unpaired) electrons. The first-order chi connectivity index (χ1) is 27.0. The van der Waals surface area contributed by atoms with Crippen molar-refractivity contribution in [1.29, 1.82) is 0 Å². The summed E-state index contributed by atoms with van der Waals surface area (Å²) in [6, 6.07) is -0.328. The summed E-state index contributed by atoms with van der Waals surface area (Å²) in [7, 11) is 6.76. The van der Waals surface area contributed by atoms with Crippen LogP contribution in [0.25, 0.3) is 0 Å². The Morgan fingerprint density at radius 2 is 1.55 bits per heavy atom. The van der Waals surface area contributed by atoms with Gasteiger partial charge in [0.15, 0.2) is 12.6 Å². The van der Waals surface area contributed by atoms with Crippen LogP contribution in [0, 0.1) is 23.7 Å². The molecule has 0 saturated carbocycles. The van der Waals surface area contributed by atoms with Gasteiger partial charge in [0, 0.05) is 44.4 Å². The van der Waals surface area contributed by atoms with Gasteiger partial charge >= 0.3 is 5.97 Å². The summed E-state index contributed by atoms with van der Waals surface area (Å²) in [4.78, 5) is 21.8. The Morgan fingerprint density at radius 1 is 0.897 bits per heavy atom. The number of esters is 1. The SMILES string of the molecule is CC[C@H]1OC(=O)[C@H](C)[C@@H](OC2C[C@@](C)(OC)[C@@H](O)[C@H](C)O2)[C@H](C)[C@@H](O[C@@H]2O[C@H](C)C[C@H](N(C)C)[C@H]2O)[C@](C)(O)C[C@@H](C)C(=NOCOCCOC)[C@H](C)[C@@H](O)[C@]1(C)O. The zero-order chi connectivity index (χ0) is 43.9. The molecule has 17 heteroatoms. The molecule has 3 aliphatic heterocycles. The number of oxime groups is 1. The van der Waals surface area contributed by atoms with Crippen molar-refractivity contribution in [3.05, 3.63) is 0 Å². The lowest BCUT2D eigenvalue weighted by molar-refractivity contribution is -0.317. The minimum Gasteiger partial charge on any atom is -0.459 e. The molecule has 18 atom stereocenters. The minimum atomic E-state index is -1.97. The minimum absolute atomic E-state index is 0.0307. The molecule has 58 heavy (non-hydrogen) atoms. The molecule has 0 aliphatic carbocycles. The molecule has 17 nitrogen and oxygen atoms in total. The summed E-state index contributed by atoms with van der Waals surface area (Å²) in [5.41, 5.74) is -4.49. The quantitative estimate of drug-likeness (QED) is 0.0778. The first-order valence-corrected chi connectivity index (χ1v) is 20.8. The Kier molecular flexibility index (Phi) is 18.8. The van der Waals surface area contributed by atoms with Gasteiger partial charge in [-0.25, -0.2) is 0 Å². The van der Waals surface area contributed by atoms with Crippen molar-refractivity contribution in [2.24, 2.45) is 28.8 Å². The maximum absolute atomic E-state index is 14.3. The molecular formula is C41H76N2O15. The van der Waals surface area contributed by atoms with E-state index in [9.17, 15) is 30.3 Å². The largest absolute Gasteiger partial charge is 0.459 e. The molecule has 0 amide bonds. The number of nitrogens with zero attached hydrogens (tertiary/aromatic N) is 2. The van der Waals surface area contributed by atoms with Gasteiger partial charge in [-0.2, -0.15) is 0 Å². The summed E-state index contributed by atoms with van der Waals surface area (Å²) in [6.45, 7) is 17.3. The molecule has 3 aliphatic rings. The highest BCUT2D eigenvalue weighted by Gasteiger charge is 2.53. The van der Waals surface area contributed by atoms with Crippen molar-refractivity contribution in [3.63, 3.8) is 0 Å². The molecule has 3 fully saturated rings. The Morgan fingerprint density at radius 3 is 2.14 bits per heavy atom. The standard InChI is InChI=1S/C41H76N2O15/c1-15-29-41(10,49)34(45)24(4)31(42-53-21-52-17-16-50-13)22(2)19-39(8,48)36(58-38-32(44)28(43(11)12)18-23(3)54-38)25(5)33(26(6)37(47)56-29)57-30-20-40(9,51-14)35(46)27(7)55-30/h22-30,32-36,38,44-46,48-49H,15-21H2,1-14H3/t22-,23-,24+,25+,26-,27+,28+,29-,30?,32-,33+,34-,35+,36-,38+,39-,40-,41-/m1/s1. The van der Waals surface area contributed by atoms with Gasteiger partial charge < -0.3 is 73.2 Å². The highest BCUT2D eigenvalue weighted by molar-refractivity contribution is 5.88. The number of carbonyl (C=O) groups is 1. The summed E-state index contributed by atoms with van der Waals surface area (Å²) in [5.74, 6) is -4.14. The van der Waals surface area contributed by atoms with E-state index in [0.29, 0.717) is 18.7 Å². The van der Waals surface area contributed by atoms with E-state index < -0.39 is 102 Å². The van der Waals surface area contributed by atoms with Gasteiger partial charge in [0.05, 0.1) is 66.6 Å². The van der Waals surface area contributed by atoms with Crippen LogP contribution in [0.4, 0.5) is 0 Å². The zero-order valence-corrected chi connectivity index (χ0v) is 37.3. The predicted molar refractivity (Wildman–Crippen MR) is 212 cm³/mol. The fourth-order valence-corrected chi connectivity index (χ4v) is 8.93. The van der Waals surface area contributed by atoms with Crippen LogP contribution >= 0.6 is 0 Å². The smallest absolute Gasteiger partial charge is 0.311 e. The molecule has 3 saturated heterocycles. The zero-order valence-electron chi connectivity index (χ0n) is 37.3. The highest BCUT2D eigenvalue weighted by Crippen LogP contribution is 2.41. The summed E-state index contributed by atoms with van der Waals surface area (Å²) < 4.78 is 48.1. The lowest BCUT2D eigenvalue weighted by Crippen LogP contribution is -2.61. The first-order valence-electron chi connectivity index (χ1n) is 20.8. The average molecular weight is 837 g/mol. The third-order valence-corrected chi connectivity index (χ3v) is 12.6. The van der Waals surface area contributed by atoms with Crippen LogP contribution in [-0.4, -0.2) is 175 Å². The lowest BCUT2D eigenvalue weighted by atomic mass is 9.73. The molecule has 0 aromatic carbocycles. The Bertz CT molecular complexity index is 1300. The van der Waals surface area contributed by atoms with Crippen LogP contribution in [0.3, 0.4) is 0 Å². The normalized spacial score (nSPS) is 45.8. The highest BCUT2D eigenvalue weighted by atomic mass is 16.7. The molecule has 340 valence electrons. The Balaban J connectivity index is 2.22. The number of hydrogen-bond acceptors (Lipinski definition) is 17. The van der Waals surface area contributed by atoms with E-state index in [0.717, 1.165) is 0 Å². The number of likely N-dealkylation sites (N-methyl/N-ethyl adjacent to an activating group) is 1. The number of methoxy groups -OCH3 is 2. The molecule has 0 aromatic heterocycles. The first kappa shape index (κ1) is 50.8. The second-order valence-electron chi connectivity index (χ2n) is 17.7. The number of rotatable bonds is 13. The van der Waals surface area contributed by atoms with E-state index in [2.05, 4.69) is 5.16 Å². The summed E-state index contributed by atoms with van der Waals surface area (Å²) >= 11 is 0. The number of carbonyl (C=O) groups excluding carboxylic acids is 1. The maximum Gasteiger partial charge on any atom is 0.311 e. The maximum atomic E-state index is 14.3. The van der Waals surface area contributed by atoms with E-state index in [1.54, 1.807) is 55.6 Å². The Hall–Kier alpha value is -1.58. The van der Waals surface area contributed by atoms with Crippen molar-refractivity contribution in [3.8, 4) is 0 Å². The second kappa shape index (κ2) is 21.5. The number of ether oxygens (including phenoxy) is 8. The molecule has 0 bridgehead atoms. The number of hydrogen-bond donors (Lipinski definition) is 5. The van der Waals surface area contributed by atoms with E-state index in [1.807, 2.05) is 32.8 Å². The van der Waals surface area contributed by atoms with Gasteiger partial charge in [-0.05, 0) is 74.9 Å². The van der Waals surface area contributed by atoms with E-state index in [1.165, 1.54) is 14.0 Å². The van der Waals surface area contributed by atoms with Gasteiger partial charge in [0.2, 0.25) is 6.79 Å². The number of aliphatic hydroxyl groups is 5. The molecule has 3 rings (SSSR count). The van der Waals surface area contributed by atoms with E-state index in [-0.39, 0.29) is 44.8 Å². The predicted octanol–water partition coefficient (Wildman–Crippen LogP) is 2.21. The van der Waals surface area contributed by atoms with Crippen LogP contribution in [0.15, 0.2) is 5.16 Å². The summed E-state index contributed by atoms with van der Waals surface area (Å²) in [5, 5.41) is 63.6. The monoisotopic (exact) mass is 837 g/mol. The third-order valence-electron chi connectivity index (χ3n) is 12.6. The van der Waals surface area contributed by atoms with Crippen molar-refractivity contribution in [2.75, 3.05) is 48.3 Å². The van der Waals surface area contributed by atoms with Crippen molar-refractivity contribution in [2.45, 2.75) is 179 Å². The second-order valence-corrected chi connectivity index (χ2v) is 17.7. The molecule has 3 heterocycles. The van der Waals surface area contributed by atoms with Crippen LogP contribution in [0.1, 0.15) is 94.9 Å². The van der Waals surface area contributed by atoms with Gasteiger partial charge in [-0.15, -0.1) is 0 Å². The molecule has 0 spiro atoms. The van der Waals surface area contributed by atoms with Gasteiger partial charge in [-0.3, -0.25) is 4.79 Å². The van der Waals surface area contributed by atoms with Gasteiger partial charge in [0.25, 0.3) is 0 Å². The molecule has 0 aromatic rings. The van der Waals surface area contributed by atoms with Gasteiger partial charge in [-0.1, -0.05) is 32.9 Å². The van der Waals surface area contributed by atoms with Gasteiger partial charge in [0.1, 0.15) is 23.9 Å². The van der Waals surface area contributed by atoms with Crippen LogP contribution in [0.5, 0.6) is 0 Å². The molecule has 5 N–H and O–H groups in total. The molecule has 1 unspecified atom stereocenters. The van der Waals surface area contributed by atoms with E-state index >= 15 is 0 Å². The average Bonchev–Trinajstić information content (AvgIpc) is 3.15. The van der Waals surface area contributed by atoms with Crippen LogP contribution < -0.4 is 0 Å².